The van der Waals surface area contributed by atoms with Gasteiger partial charge in [0.15, 0.2) is 0 Å². The summed E-state index contributed by atoms with van der Waals surface area (Å²) in [6.45, 7) is 1.07. The Kier molecular flexibility index (Phi) is 6.55. The molecule has 3 rings (SSSR count). The third-order valence-electron chi connectivity index (χ3n) is 6.16. The number of benzene rings is 1. The molecular formula is C20H31N3O3S. The summed E-state index contributed by atoms with van der Waals surface area (Å²) in [5.41, 5.74) is 0.551. The van der Waals surface area contributed by atoms with E-state index in [1.807, 2.05) is 11.9 Å². The summed E-state index contributed by atoms with van der Waals surface area (Å²) in [5, 5.41) is 3.61. The van der Waals surface area contributed by atoms with E-state index in [2.05, 4.69) is 10.0 Å². The molecule has 1 heterocycles. The standard InChI is InChI=1S/C20H31N3O3S/c1-21-27(25,26)19-12-6-3-8-15(19)14-20(24)23(2)18-11-5-4-9-16(18)17-10-7-13-22-17/h3,6,8,12,16-18,21-22H,4-5,7,9-11,13-14H2,1-2H3. The molecule has 6 nitrogen and oxygen atoms in total. The van der Waals surface area contributed by atoms with E-state index >= 15 is 0 Å². The third-order valence-corrected chi connectivity index (χ3v) is 7.67. The van der Waals surface area contributed by atoms with Crippen molar-refractivity contribution in [2.45, 2.75) is 61.9 Å². The zero-order valence-electron chi connectivity index (χ0n) is 16.3. The van der Waals surface area contributed by atoms with Crippen molar-refractivity contribution in [2.24, 2.45) is 5.92 Å². The molecule has 1 amide bonds. The fourth-order valence-corrected chi connectivity index (χ4v) is 5.62. The van der Waals surface area contributed by atoms with Crippen LogP contribution in [0.15, 0.2) is 29.2 Å². The van der Waals surface area contributed by atoms with E-state index in [1.54, 1.807) is 24.3 Å². The fraction of sp³-hybridized carbons (Fsp3) is 0.650. The van der Waals surface area contributed by atoms with E-state index in [9.17, 15) is 13.2 Å². The molecule has 0 radical (unpaired) electrons. The van der Waals surface area contributed by atoms with E-state index in [1.165, 1.54) is 26.3 Å². The number of carbonyl (C=O) groups is 1. The Morgan fingerprint density at radius 1 is 1.19 bits per heavy atom. The van der Waals surface area contributed by atoms with Crippen LogP contribution >= 0.6 is 0 Å². The number of amides is 1. The lowest BCUT2D eigenvalue weighted by molar-refractivity contribution is -0.133. The quantitative estimate of drug-likeness (QED) is 0.774. The SMILES string of the molecule is CNS(=O)(=O)c1ccccc1CC(=O)N(C)C1CCCCC1C1CCCN1. The van der Waals surface area contributed by atoms with Gasteiger partial charge in [-0.3, -0.25) is 4.79 Å². The second-order valence-corrected chi connectivity index (χ2v) is 9.57. The lowest BCUT2D eigenvalue weighted by Crippen LogP contribution is -2.50. The van der Waals surface area contributed by atoms with Crippen LogP contribution in [0.1, 0.15) is 44.1 Å². The number of carbonyl (C=O) groups excluding carboxylic acids is 1. The molecule has 1 saturated heterocycles. The van der Waals surface area contributed by atoms with Crippen LogP contribution in [-0.4, -0.2) is 51.9 Å². The third kappa shape index (κ3) is 4.52. The maximum atomic E-state index is 13.0. The Labute approximate surface area is 162 Å². The zero-order chi connectivity index (χ0) is 19.4. The van der Waals surface area contributed by atoms with Gasteiger partial charge in [-0.2, -0.15) is 0 Å². The van der Waals surface area contributed by atoms with Crippen LogP contribution in [0.25, 0.3) is 0 Å². The molecule has 2 aliphatic rings. The van der Waals surface area contributed by atoms with Gasteiger partial charge in [0.25, 0.3) is 0 Å². The summed E-state index contributed by atoms with van der Waals surface area (Å²) < 4.78 is 26.9. The van der Waals surface area contributed by atoms with Gasteiger partial charge in [0.1, 0.15) is 0 Å². The normalized spacial score (nSPS) is 26.1. The van der Waals surface area contributed by atoms with Gasteiger partial charge in [-0.1, -0.05) is 31.0 Å². The van der Waals surface area contributed by atoms with Crippen molar-refractivity contribution in [3.8, 4) is 0 Å². The number of hydrogen-bond acceptors (Lipinski definition) is 4. The molecule has 27 heavy (non-hydrogen) atoms. The van der Waals surface area contributed by atoms with Crippen LogP contribution in [0.2, 0.25) is 0 Å². The second-order valence-electron chi connectivity index (χ2n) is 7.72. The molecule has 1 aromatic carbocycles. The van der Waals surface area contributed by atoms with Crippen LogP contribution in [0, 0.1) is 5.92 Å². The largest absolute Gasteiger partial charge is 0.342 e. The highest BCUT2D eigenvalue weighted by atomic mass is 32.2. The number of sulfonamides is 1. The lowest BCUT2D eigenvalue weighted by atomic mass is 9.78. The fourth-order valence-electron chi connectivity index (χ4n) is 4.66. The van der Waals surface area contributed by atoms with Crippen molar-refractivity contribution in [1.82, 2.24) is 14.9 Å². The van der Waals surface area contributed by atoms with Gasteiger partial charge in [0, 0.05) is 19.1 Å². The summed E-state index contributed by atoms with van der Waals surface area (Å²) in [4.78, 5) is 15.1. The van der Waals surface area contributed by atoms with Gasteiger partial charge in [-0.25, -0.2) is 13.1 Å². The van der Waals surface area contributed by atoms with E-state index < -0.39 is 10.0 Å². The van der Waals surface area contributed by atoms with Crippen molar-refractivity contribution in [2.75, 3.05) is 20.6 Å². The Bertz CT molecular complexity index is 759. The van der Waals surface area contributed by atoms with Crippen molar-refractivity contribution in [3.05, 3.63) is 29.8 Å². The summed E-state index contributed by atoms with van der Waals surface area (Å²) >= 11 is 0. The highest BCUT2D eigenvalue weighted by molar-refractivity contribution is 7.89. The Morgan fingerprint density at radius 3 is 2.63 bits per heavy atom. The molecule has 0 aromatic heterocycles. The van der Waals surface area contributed by atoms with Crippen molar-refractivity contribution in [3.63, 3.8) is 0 Å². The Balaban J connectivity index is 1.76. The van der Waals surface area contributed by atoms with Crippen LogP contribution in [-0.2, 0) is 21.2 Å². The highest BCUT2D eigenvalue weighted by Gasteiger charge is 2.37. The molecule has 3 atom stereocenters. The molecule has 2 fully saturated rings. The van der Waals surface area contributed by atoms with E-state index in [0.717, 1.165) is 25.8 Å². The van der Waals surface area contributed by atoms with Gasteiger partial charge < -0.3 is 10.2 Å². The molecule has 3 unspecified atom stereocenters. The van der Waals surface area contributed by atoms with E-state index in [0.29, 0.717) is 17.5 Å². The van der Waals surface area contributed by atoms with E-state index in [4.69, 9.17) is 0 Å². The number of hydrogen-bond donors (Lipinski definition) is 2. The molecule has 1 saturated carbocycles. The van der Waals surface area contributed by atoms with Crippen molar-refractivity contribution >= 4 is 15.9 Å². The monoisotopic (exact) mass is 393 g/mol. The molecule has 0 bridgehead atoms. The lowest BCUT2D eigenvalue weighted by Gasteiger charge is -2.41. The Morgan fingerprint density at radius 2 is 1.93 bits per heavy atom. The van der Waals surface area contributed by atoms with Crippen LogP contribution < -0.4 is 10.0 Å². The zero-order valence-corrected chi connectivity index (χ0v) is 17.1. The first kappa shape index (κ1) is 20.3. The van der Waals surface area contributed by atoms with E-state index in [-0.39, 0.29) is 23.3 Å². The summed E-state index contributed by atoms with van der Waals surface area (Å²) in [7, 11) is -0.305. The first-order valence-corrected chi connectivity index (χ1v) is 11.4. The van der Waals surface area contributed by atoms with Crippen LogP contribution in [0.5, 0.6) is 0 Å². The molecular weight excluding hydrogens is 362 g/mol. The maximum absolute atomic E-state index is 13.0. The molecule has 2 N–H and O–H groups in total. The first-order chi connectivity index (χ1) is 12.9. The highest BCUT2D eigenvalue weighted by Crippen LogP contribution is 2.33. The molecule has 0 spiro atoms. The number of rotatable bonds is 6. The summed E-state index contributed by atoms with van der Waals surface area (Å²) in [5.74, 6) is 0.482. The predicted octanol–water partition coefficient (Wildman–Crippen LogP) is 1.91. The van der Waals surface area contributed by atoms with Crippen molar-refractivity contribution in [1.29, 1.82) is 0 Å². The van der Waals surface area contributed by atoms with Gasteiger partial charge in [-0.15, -0.1) is 0 Å². The molecule has 7 heteroatoms. The smallest absolute Gasteiger partial charge is 0.240 e. The van der Waals surface area contributed by atoms with Crippen LogP contribution in [0.4, 0.5) is 0 Å². The number of likely N-dealkylation sites (N-methyl/N-ethyl adjacent to an activating group) is 1. The van der Waals surface area contributed by atoms with Gasteiger partial charge >= 0.3 is 0 Å². The summed E-state index contributed by atoms with van der Waals surface area (Å²) in [6, 6.07) is 7.48. The average molecular weight is 394 g/mol. The second kappa shape index (κ2) is 8.71. The number of nitrogens with one attached hydrogen (secondary N) is 2. The number of nitrogens with zero attached hydrogens (tertiary/aromatic N) is 1. The van der Waals surface area contributed by atoms with Gasteiger partial charge in [0.2, 0.25) is 15.9 Å². The predicted molar refractivity (Wildman–Crippen MR) is 106 cm³/mol. The molecule has 150 valence electrons. The van der Waals surface area contributed by atoms with Crippen molar-refractivity contribution < 1.29 is 13.2 Å². The molecule has 1 aliphatic heterocycles. The van der Waals surface area contributed by atoms with Gasteiger partial charge in [-0.05, 0) is 56.8 Å². The van der Waals surface area contributed by atoms with Crippen LogP contribution in [0.3, 0.4) is 0 Å². The first-order valence-electron chi connectivity index (χ1n) is 9.94. The average Bonchev–Trinajstić information content (AvgIpc) is 3.22. The minimum Gasteiger partial charge on any atom is -0.342 e. The molecule has 1 aliphatic carbocycles. The summed E-state index contributed by atoms with van der Waals surface area (Å²) in [6.07, 6.45) is 7.06. The molecule has 1 aromatic rings. The topological polar surface area (TPSA) is 78.5 Å². The Hall–Kier alpha value is -1.44. The minimum absolute atomic E-state index is 0.0105. The minimum atomic E-state index is -3.58. The maximum Gasteiger partial charge on any atom is 0.240 e. The van der Waals surface area contributed by atoms with Gasteiger partial charge in [0.05, 0.1) is 11.3 Å².